The highest BCUT2D eigenvalue weighted by Gasteiger charge is 2.31. The summed E-state index contributed by atoms with van der Waals surface area (Å²) in [4.78, 5) is 28.5. The zero-order chi connectivity index (χ0) is 18.1. The van der Waals surface area contributed by atoms with Crippen LogP contribution in [0.3, 0.4) is 0 Å². The van der Waals surface area contributed by atoms with E-state index in [9.17, 15) is 9.59 Å². The van der Waals surface area contributed by atoms with Crippen molar-refractivity contribution in [3.05, 3.63) is 24.3 Å². The molecule has 136 valence electrons. The fraction of sp³-hybridized carbons (Fsp3) is 0.471. The molecule has 1 saturated heterocycles. The molecule has 2 rings (SSSR count). The van der Waals surface area contributed by atoms with Crippen LogP contribution >= 0.6 is 11.8 Å². The summed E-state index contributed by atoms with van der Waals surface area (Å²) >= 11 is 1.29. The van der Waals surface area contributed by atoms with Gasteiger partial charge < -0.3 is 20.1 Å². The first-order valence-electron chi connectivity index (χ1n) is 8.16. The summed E-state index contributed by atoms with van der Waals surface area (Å²) in [5, 5.41) is 5.60. The highest BCUT2D eigenvalue weighted by molar-refractivity contribution is 8.15. The van der Waals surface area contributed by atoms with Crippen LogP contribution in [-0.2, 0) is 14.3 Å². The molecular weight excluding hydrogens is 342 g/mol. The minimum Gasteiger partial charge on any atom is -0.497 e. The topological polar surface area (TPSA) is 89.0 Å². The Kier molecular flexibility index (Phi) is 7.75. The van der Waals surface area contributed by atoms with Crippen LogP contribution in [0.1, 0.15) is 19.8 Å². The number of rotatable bonds is 9. The van der Waals surface area contributed by atoms with Gasteiger partial charge in [-0.05, 0) is 25.5 Å². The molecule has 2 amide bonds. The van der Waals surface area contributed by atoms with Crippen molar-refractivity contribution < 1.29 is 19.1 Å². The first-order valence-corrected chi connectivity index (χ1v) is 9.04. The molecule has 1 aliphatic rings. The largest absolute Gasteiger partial charge is 0.497 e. The number of nitrogens with zero attached hydrogens (tertiary/aromatic N) is 1. The molecule has 2 N–H and O–H groups in total. The van der Waals surface area contributed by atoms with Gasteiger partial charge in [0, 0.05) is 37.9 Å². The molecule has 0 radical (unpaired) electrons. The molecule has 25 heavy (non-hydrogen) atoms. The quantitative estimate of drug-likeness (QED) is 0.654. The Labute approximate surface area is 151 Å². The van der Waals surface area contributed by atoms with Crippen LogP contribution in [0.5, 0.6) is 5.75 Å². The number of aliphatic imine (C=N–C) groups is 1. The smallest absolute Gasteiger partial charge is 0.240 e. The molecule has 1 aromatic carbocycles. The summed E-state index contributed by atoms with van der Waals surface area (Å²) in [7, 11) is 1.57. The maximum atomic E-state index is 12.2. The normalized spacial score (nSPS) is 18.2. The van der Waals surface area contributed by atoms with Gasteiger partial charge in [0.2, 0.25) is 11.8 Å². The van der Waals surface area contributed by atoms with Crippen LogP contribution in [0.15, 0.2) is 29.3 Å². The van der Waals surface area contributed by atoms with Crippen molar-refractivity contribution in [1.82, 2.24) is 5.32 Å². The van der Waals surface area contributed by atoms with Crippen LogP contribution in [0.2, 0.25) is 0 Å². The summed E-state index contributed by atoms with van der Waals surface area (Å²) in [5.74, 6) is 0.250. The monoisotopic (exact) mass is 365 g/mol. The average molecular weight is 365 g/mol. The van der Waals surface area contributed by atoms with Crippen molar-refractivity contribution in [2.24, 2.45) is 4.99 Å². The Balaban J connectivity index is 1.80. The van der Waals surface area contributed by atoms with E-state index < -0.39 is 5.25 Å². The van der Waals surface area contributed by atoms with Crippen molar-refractivity contribution >= 4 is 34.4 Å². The van der Waals surface area contributed by atoms with E-state index in [1.54, 1.807) is 31.4 Å². The Bertz CT molecular complexity index is 636. The predicted molar refractivity (Wildman–Crippen MR) is 99.2 cm³/mol. The number of carbonyl (C=O) groups is 2. The molecule has 1 fully saturated rings. The van der Waals surface area contributed by atoms with Gasteiger partial charge in [0.1, 0.15) is 11.0 Å². The average Bonchev–Trinajstić information content (AvgIpc) is 2.94. The molecule has 8 heteroatoms. The Morgan fingerprint density at radius 3 is 3.04 bits per heavy atom. The molecule has 1 heterocycles. The number of amidine groups is 1. The molecule has 0 aliphatic carbocycles. The standard InChI is InChI=1S/C17H23N3O4S/c1-3-24-9-5-8-18-17-20-16(22)14(25-17)11-15(21)19-12-6-4-7-13(10-12)23-2/h4,6-7,10,14H,3,5,8-9,11H2,1-2H3,(H,19,21)(H,18,20,22)/t14-/m1/s1. The number of carbonyl (C=O) groups excluding carboxylic acids is 2. The first kappa shape index (κ1) is 19.3. The van der Waals surface area contributed by atoms with Gasteiger partial charge in [-0.1, -0.05) is 17.8 Å². The highest BCUT2D eigenvalue weighted by atomic mass is 32.2. The first-order chi connectivity index (χ1) is 12.1. The lowest BCUT2D eigenvalue weighted by molar-refractivity contribution is -0.122. The fourth-order valence-corrected chi connectivity index (χ4v) is 3.18. The van der Waals surface area contributed by atoms with E-state index in [1.807, 2.05) is 6.92 Å². The fourth-order valence-electron chi connectivity index (χ4n) is 2.19. The number of benzene rings is 1. The van der Waals surface area contributed by atoms with E-state index in [0.29, 0.717) is 36.4 Å². The molecule has 0 aromatic heterocycles. The SMILES string of the molecule is CCOCCCN=C1NC(=O)[C@@H](CC(=O)Nc2cccc(OC)c2)S1. The Morgan fingerprint density at radius 2 is 2.28 bits per heavy atom. The van der Waals surface area contributed by atoms with E-state index in [2.05, 4.69) is 15.6 Å². The molecule has 0 spiro atoms. The number of hydrogen-bond donors (Lipinski definition) is 2. The minimum atomic E-state index is -0.462. The zero-order valence-corrected chi connectivity index (χ0v) is 15.2. The lowest BCUT2D eigenvalue weighted by atomic mass is 10.2. The lowest BCUT2D eigenvalue weighted by Crippen LogP contribution is -2.28. The lowest BCUT2D eigenvalue weighted by Gasteiger charge is -2.08. The van der Waals surface area contributed by atoms with Crippen LogP contribution in [0, 0.1) is 0 Å². The van der Waals surface area contributed by atoms with Crippen molar-refractivity contribution in [1.29, 1.82) is 0 Å². The van der Waals surface area contributed by atoms with E-state index >= 15 is 0 Å². The molecule has 1 aliphatic heterocycles. The third-order valence-electron chi connectivity index (χ3n) is 3.41. The van der Waals surface area contributed by atoms with Gasteiger partial charge in [-0.25, -0.2) is 0 Å². The molecule has 1 atom stereocenters. The summed E-state index contributed by atoms with van der Waals surface area (Å²) in [6.07, 6.45) is 0.889. The third kappa shape index (κ3) is 6.39. The van der Waals surface area contributed by atoms with E-state index in [-0.39, 0.29) is 18.2 Å². The maximum Gasteiger partial charge on any atom is 0.240 e. The van der Waals surface area contributed by atoms with E-state index in [1.165, 1.54) is 11.8 Å². The molecule has 7 nitrogen and oxygen atoms in total. The van der Waals surface area contributed by atoms with Crippen LogP contribution in [0.25, 0.3) is 0 Å². The van der Waals surface area contributed by atoms with Gasteiger partial charge in [0.05, 0.1) is 7.11 Å². The number of anilines is 1. The molecule has 1 aromatic rings. The van der Waals surface area contributed by atoms with Gasteiger partial charge in [0.25, 0.3) is 0 Å². The molecule has 0 saturated carbocycles. The van der Waals surface area contributed by atoms with Gasteiger partial charge in [-0.3, -0.25) is 14.6 Å². The molecule has 0 bridgehead atoms. The maximum absolute atomic E-state index is 12.2. The van der Waals surface area contributed by atoms with Crippen LogP contribution in [-0.4, -0.2) is 49.1 Å². The predicted octanol–water partition coefficient (Wildman–Crippen LogP) is 2.04. The van der Waals surface area contributed by atoms with Gasteiger partial charge in [0.15, 0.2) is 5.17 Å². The van der Waals surface area contributed by atoms with Crippen molar-refractivity contribution in [2.75, 3.05) is 32.2 Å². The molecule has 0 unspecified atom stereocenters. The van der Waals surface area contributed by atoms with Crippen LogP contribution in [0.4, 0.5) is 5.69 Å². The second-order valence-electron chi connectivity index (χ2n) is 5.32. The Morgan fingerprint density at radius 1 is 1.44 bits per heavy atom. The van der Waals surface area contributed by atoms with Gasteiger partial charge >= 0.3 is 0 Å². The number of hydrogen-bond acceptors (Lipinski definition) is 6. The number of amides is 2. The second kappa shape index (κ2) is 10.0. The second-order valence-corrected chi connectivity index (χ2v) is 6.51. The highest BCUT2D eigenvalue weighted by Crippen LogP contribution is 2.23. The van der Waals surface area contributed by atoms with Crippen molar-refractivity contribution in [2.45, 2.75) is 25.0 Å². The summed E-state index contributed by atoms with van der Waals surface area (Å²) in [6, 6.07) is 7.08. The van der Waals surface area contributed by atoms with Gasteiger partial charge in [-0.15, -0.1) is 0 Å². The Hall–Kier alpha value is -2.06. The van der Waals surface area contributed by atoms with Gasteiger partial charge in [-0.2, -0.15) is 0 Å². The van der Waals surface area contributed by atoms with Crippen LogP contribution < -0.4 is 15.4 Å². The number of ether oxygens (including phenoxy) is 2. The number of thioether (sulfide) groups is 1. The molecular formula is C17H23N3O4S. The number of nitrogens with one attached hydrogen (secondary N) is 2. The summed E-state index contributed by atoms with van der Waals surface area (Å²) in [6.45, 7) is 3.87. The number of methoxy groups -OCH3 is 1. The van der Waals surface area contributed by atoms with Crippen molar-refractivity contribution in [3.8, 4) is 5.75 Å². The summed E-state index contributed by atoms with van der Waals surface area (Å²) < 4.78 is 10.4. The van der Waals surface area contributed by atoms with E-state index in [0.717, 1.165) is 6.42 Å². The zero-order valence-electron chi connectivity index (χ0n) is 14.4. The van der Waals surface area contributed by atoms with Crippen molar-refractivity contribution in [3.63, 3.8) is 0 Å². The summed E-state index contributed by atoms with van der Waals surface area (Å²) in [5.41, 5.74) is 0.637. The minimum absolute atomic E-state index is 0.0890. The third-order valence-corrected chi connectivity index (χ3v) is 4.53. The van der Waals surface area contributed by atoms with E-state index in [4.69, 9.17) is 9.47 Å².